The Morgan fingerprint density at radius 3 is 2.59 bits per heavy atom. The number of aromatic nitrogens is 3. The van der Waals surface area contributed by atoms with Gasteiger partial charge in [-0.2, -0.15) is 4.98 Å². The predicted molar refractivity (Wildman–Crippen MR) is 83.1 cm³/mol. The van der Waals surface area contributed by atoms with E-state index in [4.69, 9.17) is 4.52 Å². The van der Waals surface area contributed by atoms with Gasteiger partial charge in [-0.15, -0.1) is 11.3 Å². The lowest BCUT2D eigenvalue weighted by Gasteiger charge is -1.98. The van der Waals surface area contributed by atoms with E-state index in [-0.39, 0.29) is 12.5 Å². The van der Waals surface area contributed by atoms with Crippen molar-refractivity contribution in [2.24, 2.45) is 0 Å². The molecule has 1 aromatic carbocycles. The number of hydrogen-bond donors (Lipinski definition) is 1. The van der Waals surface area contributed by atoms with Crippen LogP contribution in [0.5, 0.6) is 0 Å². The van der Waals surface area contributed by atoms with Crippen LogP contribution >= 0.6 is 11.3 Å². The Morgan fingerprint density at radius 2 is 1.95 bits per heavy atom. The van der Waals surface area contributed by atoms with Gasteiger partial charge in [-0.25, -0.2) is 4.98 Å². The Balaban J connectivity index is 1.76. The van der Waals surface area contributed by atoms with Gasteiger partial charge in [-0.05, 0) is 6.92 Å². The van der Waals surface area contributed by atoms with E-state index in [1.165, 1.54) is 6.92 Å². The first-order chi connectivity index (χ1) is 10.6. The number of benzene rings is 1. The zero-order valence-electron chi connectivity index (χ0n) is 12.2. The fourth-order valence-corrected chi connectivity index (χ4v) is 2.55. The van der Waals surface area contributed by atoms with Crippen LogP contribution in [0.1, 0.15) is 17.8 Å². The Labute approximate surface area is 131 Å². The monoisotopic (exact) mass is 314 g/mol. The quantitative estimate of drug-likeness (QED) is 0.801. The number of aryl methyl sites for hydroxylation is 1. The van der Waals surface area contributed by atoms with Crippen LogP contribution in [0.3, 0.4) is 0 Å². The van der Waals surface area contributed by atoms with Gasteiger partial charge in [0.15, 0.2) is 0 Å². The van der Waals surface area contributed by atoms with Crippen LogP contribution in [0.25, 0.3) is 22.6 Å². The van der Waals surface area contributed by atoms with Crippen LogP contribution in [-0.2, 0) is 11.3 Å². The van der Waals surface area contributed by atoms with Gasteiger partial charge in [0.1, 0.15) is 0 Å². The van der Waals surface area contributed by atoms with E-state index in [0.29, 0.717) is 11.7 Å². The third-order valence-electron chi connectivity index (χ3n) is 3.01. The maximum Gasteiger partial charge on any atom is 0.246 e. The highest BCUT2D eigenvalue weighted by atomic mass is 32.1. The lowest BCUT2D eigenvalue weighted by molar-refractivity contribution is -0.119. The van der Waals surface area contributed by atoms with Crippen molar-refractivity contribution in [3.63, 3.8) is 0 Å². The standard InChI is InChI=1S/C15H14N4O2S/c1-9(20)16-7-14-18-15(19-21-14)12-5-3-11(4-6-12)13-8-22-10(2)17-13/h3-6,8H,7H2,1-2H3,(H,16,20). The van der Waals surface area contributed by atoms with Crippen molar-refractivity contribution in [2.45, 2.75) is 20.4 Å². The molecule has 3 aromatic rings. The topological polar surface area (TPSA) is 80.9 Å². The van der Waals surface area contributed by atoms with E-state index in [2.05, 4.69) is 20.4 Å². The van der Waals surface area contributed by atoms with E-state index in [1.807, 2.05) is 36.6 Å². The van der Waals surface area contributed by atoms with E-state index in [9.17, 15) is 4.79 Å². The van der Waals surface area contributed by atoms with Crippen molar-refractivity contribution in [3.8, 4) is 22.6 Å². The minimum Gasteiger partial charge on any atom is -0.347 e. The molecule has 0 atom stereocenters. The van der Waals surface area contributed by atoms with Gasteiger partial charge >= 0.3 is 0 Å². The SMILES string of the molecule is CC(=O)NCc1nc(-c2ccc(-c3csc(C)n3)cc2)no1. The normalized spacial score (nSPS) is 10.6. The lowest BCUT2D eigenvalue weighted by Crippen LogP contribution is -2.18. The average Bonchev–Trinajstić information content (AvgIpc) is 3.14. The molecule has 7 heteroatoms. The molecule has 0 aliphatic rings. The summed E-state index contributed by atoms with van der Waals surface area (Å²) >= 11 is 1.63. The third kappa shape index (κ3) is 3.20. The Kier molecular flexibility index (Phi) is 3.97. The molecule has 22 heavy (non-hydrogen) atoms. The van der Waals surface area contributed by atoms with Gasteiger partial charge in [-0.3, -0.25) is 4.79 Å². The molecule has 0 saturated carbocycles. The van der Waals surface area contributed by atoms with Crippen molar-refractivity contribution in [2.75, 3.05) is 0 Å². The van der Waals surface area contributed by atoms with Gasteiger partial charge in [0.2, 0.25) is 17.6 Å². The zero-order valence-corrected chi connectivity index (χ0v) is 13.0. The number of nitrogens with zero attached hydrogens (tertiary/aromatic N) is 3. The summed E-state index contributed by atoms with van der Waals surface area (Å²) in [6.07, 6.45) is 0. The van der Waals surface area contributed by atoms with E-state index in [1.54, 1.807) is 11.3 Å². The molecule has 2 heterocycles. The third-order valence-corrected chi connectivity index (χ3v) is 3.79. The van der Waals surface area contributed by atoms with Gasteiger partial charge in [0.25, 0.3) is 0 Å². The zero-order chi connectivity index (χ0) is 15.5. The van der Waals surface area contributed by atoms with E-state index < -0.39 is 0 Å². The summed E-state index contributed by atoms with van der Waals surface area (Å²) in [5.74, 6) is 0.744. The van der Waals surface area contributed by atoms with Gasteiger partial charge < -0.3 is 9.84 Å². The van der Waals surface area contributed by atoms with Gasteiger partial charge in [0, 0.05) is 23.4 Å². The van der Waals surface area contributed by atoms with Crippen LogP contribution in [0, 0.1) is 6.92 Å². The number of carbonyl (C=O) groups is 1. The van der Waals surface area contributed by atoms with E-state index >= 15 is 0 Å². The minimum atomic E-state index is -0.136. The van der Waals surface area contributed by atoms with Crippen LogP contribution in [0.2, 0.25) is 0 Å². The van der Waals surface area contributed by atoms with Crippen molar-refractivity contribution < 1.29 is 9.32 Å². The summed E-state index contributed by atoms with van der Waals surface area (Å²) in [6, 6.07) is 7.81. The second-order valence-electron chi connectivity index (χ2n) is 4.75. The summed E-state index contributed by atoms with van der Waals surface area (Å²) in [4.78, 5) is 19.6. The molecule has 0 aliphatic heterocycles. The van der Waals surface area contributed by atoms with Crippen molar-refractivity contribution in [3.05, 3.63) is 40.5 Å². The van der Waals surface area contributed by atoms with Crippen molar-refractivity contribution in [1.82, 2.24) is 20.4 Å². The molecule has 0 saturated heterocycles. The molecule has 6 nitrogen and oxygen atoms in total. The fraction of sp³-hybridized carbons (Fsp3) is 0.200. The summed E-state index contributed by atoms with van der Waals surface area (Å²) in [6.45, 7) is 3.66. The van der Waals surface area contributed by atoms with Crippen molar-refractivity contribution in [1.29, 1.82) is 0 Å². The lowest BCUT2D eigenvalue weighted by atomic mass is 10.1. The Hall–Kier alpha value is -2.54. The number of hydrogen-bond acceptors (Lipinski definition) is 6. The highest BCUT2D eigenvalue weighted by Crippen LogP contribution is 2.24. The number of thiazole rings is 1. The van der Waals surface area contributed by atoms with Gasteiger partial charge in [-0.1, -0.05) is 29.4 Å². The summed E-state index contributed by atoms with van der Waals surface area (Å²) in [5.41, 5.74) is 2.87. The first kappa shape index (κ1) is 14.4. The first-order valence-corrected chi connectivity index (χ1v) is 7.60. The van der Waals surface area contributed by atoms with Crippen LogP contribution in [0.4, 0.5) is 0 Å². The molecular weight excluding hydrogens is 300 g/mol. The number of carbonyl (C=O) groups excluding carboxylic acids is 1. The predicted octanol–water partition coefficient (Wildman–Crippen LogP) is 2.80. The maximum atomic E-state index is 10.9. The molecule has 0 aliphatic carbocycles. The molecular formula is C15H14N4O2S. The Bertz CT molecular complexity index is 792. The number of rotatable bonds is 4. The van der Waals surface area contributed by atoms with E-state index in [0.717, 1.165) is 21.8 Å². The maximum absolute atomic E-state index is 10.9. The molecule has 112 valence electrons. The smallest absolute Gasteiger partial charge is 0.246 e. The summed E-state index contributed by atoms with van der Waals surface area (Å²) in [7, 11) is 0. The molecule has 0 fully saturated rings. The molecule has 1 amide bonds. The molecule has 0 bridgehead atoms. The first-order valence-electron chi connectivity index (χ1n) is 6.72. The van der Waals surface area contributed by atoms with Crippen LogP contribution < -0.4 is 5.32 Å². The summed E-state index contributed by atoms with van der Waals surface area (Å²) in [5, 5.41) is 9.61. The molecule has 2 aromatic heterocycles. The van der Waals surface area contributed by atoms with Crippen LogP contribution in [-0.4, -0.2) is 21.0 Å². The molecule has 0 unspecified atom stereocenters. The van der Waals surface area contributed by atoms with Crippen LogP contribution in [0.15, 0.2) is 34.2 Å². The van der Waals surface area contributed by atoms with Gasteiger partial charge in [0.05, 0.1) is 17.2 Å². The fourth-order valence-electron chi connectivity index (χ4n) is 1.93. The van der Waals surface area contributed by atoms with Crippen molar-refractivity contribution >= 4 is 17.2 Å². The largest absolute Gasteiger partial charge is 0.347 e. The highest BCUT2D eigenvalue weighted by Gasteiger charge is 2.09. The molecule has 3 rings (SSSR count). The average molecular weight is 314 g/mol. The highest BCUT2D eigenvalue weighted by molar-refractivity contribution is 7.09. The second kappa shape index (κ2) is 6.07. The Morgan fingerprint density at radius 1 is 1.23 bits per heavy atom. The summed E-state index contributed by atoms with van der Waals surface area (Å²) < 4.78 is 5.10. The second-order valence-corrected chi connectivity index (χ2v) is 5.81. The number of nitrogens with one attached hydrogen (secondary N) is 1. The molecule has 0 spiro atoms. The molecule has 0 radical (unpaired) electrons. The molecule has 1 N–H and O–H groups in total. The number of amides is 1. The minimum absolute atomic E-state index is 0.136.